The Bertz CT molecular complexity index is 1710. The molecule has 1 aromatic heterocycles. The summed E-state index contributed by atoms with van der Waals surface area (Å²) in [6.45, 7) is 5.46. The van der Waals surface area contributed by atoms with Gasteiger partial charge >= 0.3 is 0 Å². The molecule has 2 amide bonds. The lowest BCUT2D eigenvalue weighted by Crippen LogP contribution is -2.42. The van der Waals surface area contributed by atoms with Crippen LogP contribution in [0.25, 0.3) is 0 Å². The molecule has 45 heavy (non-hydrogen) atoms. The highest BCUT2D eigenvalue weighted by Gasteiger charge is 2.65. The minimum absolute atomic E-state index is 0.116. The fourth-order valence-electron chi connectivity index (χ4n) is 6.95. The van der Waals surface area contributed by atoms with Crippen molar-refractivity contribution in [2.75, 3.05) is 23.0 Å². The highest BCUT2D eigenvalue weighted by Crippen LogP contribution is 2.59. The van der Waals surface area contributed by atoms with Gasteiger partial charge in [0.2, 0.25) is 8.41 Å². The van der Waals surface area contributed by atoms with Gasteiger partial charge in [-0.25, -0.2) is 0 Å². The second kappa shape index (κ2) is 11.8. The van der Waals surface area contributed by atoms with Crippen LogP contribution in [0.5, 0.6) is 0 Å². The molecule has 0 saturated carbocycles. The molecule has 5 N–H and O–H groups in total. The number of fused-ring (bicyclic) bond motifs is 2. The number of aryl methyl sites for hydroxylation is 1. The first-order valence-corrected chi connectivity index (χ1v) is 18.0. The average Bonchev–Trinajstić information content (AvgIpc) is 3.68. The van der Waals surface area contributed by atoms with E-state index in [-0.39, 0.29) is 24.3 Å². The maximum absolute atomic E-state index is 16.1. The van der Waals surface area contributed by atoms with Crippen molar-refractivity contribution in [2.24, 2.45) is 5.92 Å². The maximum Gasteiger partial charge on any atom is 0.261 e. The minimum atomic E-state index is -3.35. The van der Waals surface area contributed by atoms with Gasteiger partial charge < -0.3 is 30.3 Å². The van der Waals surface area contributed by atoms with E-state index in [1.54, 1.807) is 66.4 Å². The number of halogens is 1. The van der Waals surface area contributed by atoms with Crippen LogP contribution in [0.3, 0.4) is 0 Å². The van der Waals surface area contributed by atoms with E-state index in [4.69, 9.17) is 10.5 Å². The van der Waals surface area contributed by atoms with Crippen molar-refractivity contribution in [1.82, 2.24) is 15.0 Å². The molecule has 6 rings (SSSR count). The first kappa shape index (κ1) is 30.6. The summed E-state index contributed by atoms with van der Waals surface area (Å²) in [5, 5.41) is 24.5. The summed E-state index contributed by atoms with van der Waals surface area (Å²) >= 11 is 0. The minimum Gasteiger partial charge on any atom is -0.399 e. The molecule has 1 fully saturated rings. The summed E-state index contributed by atoms with van der Waals surface area (Å²) in [6, 6.07) is 21.4. The number of nitrogens with zero attached hydrogens (tertiary/aromatic N) is 3. The first-order valence-electron chi connectivity index (χ1n) is 15.1. The third-order valence-corrected chi connectivity index (χ3v) is 11.5. The Kier molecular flexibility index (Phi) is 8.06. The molecule has 234 valence electrons. The monoisotopic (exact) mass is 628 g/mol. The van der Waals surface area contributed by atoms with Gasteiger partial charge in [0.05, 0.1) is 24.3 Å². The van der Waals surface area contributed by atoms with Gasteiger partial charge in [0.15, 0.2) is 5.60 Å². The Morgan fingerprint density at radius 2 is 1.91 bits per heavy atom. The normalized spacial score (nSPS) is 23.1. The second-order valence-corrected chi connectivity index (χ2v) is 16.2. The number of aromatic nitrogens is 3. The topological polar surface area (TPSA) is 144 Å². The maximum atomic E-state index is 16.1. The van der Waals surface area contributed by atoms with Gasteiger partial charge in [-0.05, 0) is 67.5 Å². The number of hydrogen-bond donors (Lipinski definition) is 4. The average molecular weight is 629 g/mol. The van der Waals surface area contributed by atoms with Gasteiger partial charge in [0.25, 0.3) is 11.8 Å². The van der Waals surface area contributed by atoms with Crippen molar-refractivity contribution < 1.29 is 23.5 Å². The Labute approximate surface area is 262 Å². The largest absolute Gasteiger partial charge is 0.399 e. The molecule has 4 aromatic rings. The number of nitrogens with two attached hydrogens (primary N) is 1. The van der Waals surface area contributed by atoms with E-state index in [9.17, 15) is 14.7 Å². The third kappa shape index (κ3) is 5.65. The summed E-state index contributed by atoms with van der Waals surface area (Å²) in [5.74, 6) is -1.45. The summed E-state index contributed by atoms with van der Waals surface area (Å²) in [7, 11) is -3.35. The van der Waals surface area contributed by atoms with Gasteiger partial charge in [-0.1, -0.05) is 42.5 Å². The molecule has 12 heteroatoms. The highest BCUT2D eigenvalue weighted by atomic mass is 28.4. The number of amides is 2. The molecule has 2 aliphatic heterocycles. The lowest BCUT2D eigenvalue weighted by Gasteiger charge is -2.30. The van der Waals surface area contributed by atoms with Crippen molar-refractivity contribution in [3.63, 3.8) is 0 Å². The summed E-state index contributed by atoms with van der Waals surface area (Å²) < 4.78 is 24.4. The van der Waals surface area contributed by atoms with Crippen LogP contribution in [0, 0.1) is 5.92 Å². The van der Waals surface area contributed by atoms with Gasteiger partial charge in [0, 0.05) is 52.4 Å². The van der Waals surface area contributed by atoms with Crippen molar-refractivity contribution in [3.05, 3.63) is 101 Å². The molecule has 0 radical (unpaired) electrons. The van der Waals surface area contributed by atoms with Gasteiger partial charge in [-0.2, -0.15) is 0 Å². The molecular formula is C33H37FN6O4Si. The summed E-state index contributed by atoms with van der Waals surface area (Å²) in [5.41, 5.74) is 8.07. The van der Waals surface area contributed by atoms with E-state index >= 15 is 4.11 Å². The molecule has 10 nitrogen and oxygen atoms in total. The SMILES string of the molecule is C[C@@H]1[C@@H]([Si](C)(C)F)[C@H](CCn2cc(C(CO)c3ccccc3)nn2)O[C@@]12C(=O)Nc1ccc(NC(=O)c3ccc(N)cc3)cc12. The Morgan fingerprint density at radius 3 is 2.60 bits per heavy atom. The molecule has 1 saturated heterocycles. The number of ether oxygens (including phenoxy) is 1. The van der Waals surface area contributed by atoms with E-state index in [1.807, 2.05) is 37.3 Å². The number of nitrogens with one attached hydrogen (secondary N) is 2. The number of nitrogen functional groups attached to an aromatic ring is 1. The smallest absolute Gasteiger partial charge is 0.261 e. The zero-order valence-electron chi connectivity index (χ0n) is 25.4. The quantitative estimate of drug-likeness (QED) is 0.115. The lowest BCUT2D eigenvalue weighted by atomic mass is 9.82. The fraction of sp³-hybridized carbons (Fsp3) is 0.333. The predicted molar refractivity (Wildman–Crippen MR) is 172 cm³/mol. The van der Waals surface area contributed by atoms with Crippen LogP contribution >= 0.6 is 0 Å². The van der Waals surface area contributed by atoms with Gasteiger partial charge in [-0.15, -0.1) is 5.10 Å². The van der Waals surface area contributed by atoms with E-state index in [0.29, 0.717) is 46.8 Å². The van der Waals surface area contributed by atoms with Crippen molar-refractivity contribution in [3.8, 4) is 0 Å². The van der Waals surface area contributed by atoms with Crippen LogP contribution < -0.4 is 16.4 Å². The molecule has 0 aliphatic carbocycles. The number of aliphatic hydroxyl groups is 1. The second-order valence-electron chi connectivity index (χ2n) is 12.4. The molecule has 5 atom stereocenters. The summed E-state index contributed by atoms with van der Waals surface area (Å²) in [4.78, 5) is 26.6. The zero-order valence-corrected chi connectivity index (χ0v) is 26.4. The van der Waals surface area contributed by atoms with E-state index < -0.39 is 31.6 Å². The van der Waals surface area contributed by atoms with E-state index in [2.05, 4.69) is 20.9 Å². The first-order chi connectivity index (χ1) is 21.5. The van der Waals surface area contributed by atoms with Crippen LogP contribution in [0.1, 0.15) is 46.4 Å². The predicted octanol–water partition coefficient (Wildman–Crippen LogP) is 5.05. The molecule has 0 bridgehead atoms. The van der Waals surface area contributed by atoms with Crippen molar-refractivity contribution in [1.29, 1.82) is 0 Å². The number of rotatable bonds is 9. The van der Waals surface area contributed by atoms with Crippen LogP contribution in [-0.4, -0.2) is 53.0 Å². The van der Waals surface area contributed by atoms with Crippen molar-refractivity contribution in [2.45, 2.75) is 56.1 Å². The highest BCUT2D eigenvalue weighted by molar-refractivity contribution is 6.72. The van der Waals surface area contributed by atoms with E-state index in [0.717, 1.165) is 5.56 Å². The summed E-state index contributed by atoms with van der Waals surface area (Å²) in [6.07, 6.45) is 1.64. The third-order valence-electron chi connectivity index (χ3n) is 9.09. The number of aliphatic hydroxyl groups excluding tert-OH is 1. The molecule has 3 aromatic carbocycles. The molecular weight excluding hydrogens is 591 g/mol. The van der Waals surface area contributed by atoms with Gasteiger partial charge in [0.1, 0.15) is 0 Å². The molecule has 1 unspecified atom stereocenters. The molecule has 1 spiro atoms. The van der Waals surface area contributed by atoms with Crippen LogP contribution in [0.2, 0.25) is 18.6 Å². The molecule has 2 aliphatic rings. The van der Waals surface area contributed by atoms with Crippen LogP contribution in [-0.2, 0) is 21.7 Å². The lowest BCUT2D eigenvalue weighted by molar-refractivity contribution is -0.143. The molecule has 3 heterocycles. The number of benzene rings is 3. The Balaban J connectivity index is 1.25. The van der Waals surface area contributed by atoms with Crippen LogP contribution in [0.4, 0.5) is 21.2 Å². The standard InChI is InChI=1S/C33H37FN6O4Si/c1-20-30(45(2,3)34)29(15-16-40-18-28(38-39-40)25(19-41)21-7-5-4-6-8-21)44-33(20)26-17-24(13-14-27(26)37-32(33)43)36-31(42)22-9-11-23(35)12-10-22/h4-14,17-18,20,25,29-30,41H,15-16,19,35H2,1-3H3,(H,36,42)(H,37,43)/t20-,25?,29+,30-,33+/m1/s1. The number of carbonyl (C=O) groups excluding carboxylic acids is 2. The Morgan fingerprint density at radius 1 is 1.18 bits per heavy atom. The number of carbonyl (C=O) groups is 2. The number of anilines is 3. The van der Waals surface area contributed by atoms with Crippen LogP contribution in [0.15, 0.2) is 79.0 Å². The van der Waals surface area contributed by atoms with E-state index in [1.165, 1.54) is 0 Å². The fourth-order valence-corrected chi connectivity index (χ4v) is 9.49. The van der Waals surface area contributed by atoms with Crippen molar-refractivity contribution >= 4 is 37.3 Å². The number of hydrogen-bond acceptors (Lipinski definition) is 7. The zero-order chi connectivity index (χ0) is 31.9. The van der Waals surface area contributed by atoms with Gasteiger partial charge in [-0.3, -0.25) is 14.3 Å². The Hall–Kier alpha value is -4.39.